The van der Waals surface area contributed by atoms with Gasteiger partial charge in [-0.05, 0) is 13.8 Å². The minimum Gasteiger partial charge on any atom is -0.374 e. The molecule has 0 spiro atoms. The highest BCUT2D eigenvalue weighted by atomic mass is 16.5. The second kappa shape index (κ2) is 5.53. The zero-order valence-corrected chi connectivity index (χ0v) is 10.4. The lowest BCUT2D eigenvalue weighted by molar-refractivity contribution is -0.0503. The third-order valence-electron chi connectivity index (χ3n) is 3.22. The molecule has 0 amide bonds. The molecule has 2 atom stereocenters. The molecule has 1 aliphatic rings. The summed E-state index contributed by atoms with van der Waals surface area (Å²) in [5, 5.41) is 0. The number of morpholine rings is 1. The number of nitrogens with two attached hydrogens (primary N) is 1. The monoisotopic (exact) mass is 236 g/mol. The van der Waals surface area contributed by atoms with Gasteiger partial charge < -0.3 is 10.5 Å². The lowest BCUT2D eigenvalue weighted by Crippen LogP contribution is -2.49. The van der Waals surface area contributed by atoms with Crippen molar-refractivity contribution in [3.63, 3.8) is 0 Å². The molecule has 5 heteroatoms. The highest BCUT2D eigenvalue weighted by molar-refractivity contribution is 5.11. The van der Waals surface area contributed by atoms with E-state index in [0.717, 1.165) is 25.3 Å². The van der Waals surface area contributed by atoms with Gasteiger partial charge in [0.05, 0.1) is 18.8 Å². The van der Waals surface area contributed by atoms with Crippen molar-refractivity contribution in [3.8, 4) is 0 Å². The van der Waals surface area contributed by atoms with Crippen LogP contribution < -0.4 is 5.73 Å². The van der Waals surface area contributed by atoms with E-state index in [1.807, 2.05) is 0 Å². The SMILES string of the molecule is CC(C)N1CCOC(C(N)c2cncnc2)C1. The van der Waals surface area contributed by atoms with Gasteiger partial charge in [-0.2, -0.15) is 0 Å². The Morgan fingerprint density at radius 1 is 1.41 bits per heavy atom. The molecule has 2 N–H and O–H groups in total. The average molecular weight is 236 g/mol. The summed E-state index contributed by atoms with van der Waals surface area (Å²) >= 11 is 0. The summed E-state index contributed by atoms with van der Waals surface area (Å²) in [5.74, 6) is 0. The van der Waals surface area contributed by atoms with Gasteiger partial charge >= 0.3 is 0 Å². The number of hydrogen-bond acceptors (Lipinski definition) is 5. The van der Waals surface area contributed by atoms with Crippen molar-refractivity contribution in [1.29, 1.82) is 0 Å². The molecule has 0 bridgehead atoms. The molecule has 0 radical (unpaired) electrons. The van der Waals surface area contributed by atoms with E-state index < -0.39 is 0 Å². The zero-order valence-electron chi connectivity index (χ0n) is 10.4. The van der Waals surface area contributed by atoms with Gasteiger partial charge in [0.2, 0.25) is 0 Å². The van der Waals surface area contributed by atoms with Crippen LogP contribution in [0, 0.1) is 0 Å². The zero-order chi connectivity index (χ0) is 12.3. The van der Waals surface area contributed by atoms with Gasteiger partial charge in [0, 0.05) is 37.1 Å². The number of aromatic nitrogens is 2. The molecule has 0 aromatic carbocycles. The van der Waals surface area contributed by atoms with Crippen LogP contribution in [0.3, 0.4) is 0 Å². The summed E-state index contributed by atoms with van der Waals surface area (Å²) in [6.45, 7) is 6.98. The van der Waals surface area contributed by atoms with Gasteiger partial charge in [-0.1, -0.05) is 0 Å². The van der Waals surface area contributed by atoms with Crippen LogP contribution in [-0.4, -0.2) is 46.7 Å². The van der Waals surface area contributed by atoms with E-state index in [-0.39, 0.29) is 12.1 Å². The Hall–Kier alpha value is -1.04. The first kappa shape index (κ1) is 12.4. The van der Waals surface area contributed by atoms with E-state index in [1.54, 1.807) is 12.4 Å². The minimum atomic E-state index is -0.155. The Morgan fingerprint density at radius 2 is 2.12 bits per heavy atom. The molecule has 1 aliphatic heterocycles. The first-order valence-corrected chi connectivity index (χ1v) is 6.04. The normalized spacial score (nSPS) is 23.9. The predicted molar refractivity (Wildman–Crippen MR) is 65.4 cm³/mol. The largest absolute Gasteiger partial charge is 0.374 e. The van der Waals surface area contributed by atoms with Crippen molar-refractivity contribution >= 4 is 0 Å². The maximum Gasteiger partial charge on any atom is 0.115 e. The smallest absolute Gasteiger partial charge is 0.115 e. The van der Waals surface area contributed by atoms with Crippen LogP contribution in [0.5, 0.6) is 0 Å². The third-order valence-corrected chi connectivity index (χ3v) is 3.22. The van der Waals surface area contributed by atoms with Crippen LogP contribution in [-0.2, 0) is 4.74 Å². The lowest BCUT2D eigenvalue weighted by atomic mass is 10.0. The lowest BCUT2D eigenvalue weighted by Gasteiger charge is -2.37. The molecule has 94 valence electrons. The van der Waals surface area contributed by atoms with E-state index in [2.05, 4.69) is 28.7 Å². The van der Waals surface area contributed by atoms with Gasteiger partial charge in [0.25, 0.3) is 0 Å². The van der Waals surface area contributed by atoms with Crippen molar-refractivity contribution in [2.45, 2.75) is 32.0 Å². The molecule has 1 saturated heterocycles. The highest BCUT2D eigenvalue weighted by Gasteiger charge is 2.28. The van der Waals surface area contributed by atoms with Crippen LogP contribution in [0.15, 0.2) is 18.7 Å². The van der Waals surface area contributed by atoms with E-state index >= 15 is 0 Å². The fourth-order valence-electron chi connectivity index (χ4n) is 2.08. The van der Waals surface area contributed by atoms with Gasteiger partial charge in [0.15, 0.2) is 0 Å². The van der Waals surface area contributed by atoms with Crippen molar-refractivity contribution in [2.24, 2.45) is 5.73 Å². The van der Waals surface area contributed by atoms with Crippen molar-refractivity contribution in [1.82, 2.24) is 14.9 Å². The molecule has 1 aromatic rings. The topological polar surface area (TPSA) is 64.3 Å². The predicted octanol–water partition coefficient (Wildman–Crippen LogP) is 0.586. The van der Waals surface area contributed by atoms with E-state index in [4.69, 9.17) is 10.5 Å². The number of nitrogens with zero attached hydrogens (tertiary/aromatic N) is 3. The Bertz CT molecular complexity index is 344. The molecular weight excluding hydrogens is 216 g/mol. The van der Waals surface area contributed by atoms with Gasteiger partial charge in [-0.3, -0.25) is 4.90 Å². The first-order valence-electron chi connectivity index (χ1n) is 6.04. The molecule has 17 heavy (non-hydrogen) atoms. The first-order chi connectivity index (χ1) is 8.18. The second-order valence-electron chi connectivity index (χ2n) is 4.70. The van der Waals surface area contributed by atoms with Gasteiger partial charge in [-0.15, -0.1) is 0 Å². The number of hydrogen-bond donors (Lipinski definition) is 1. The van der Waals surface area contributed by atoms with Crippen LogP contribution in [0.25, 0.3) is 0 Å². The summed E-state index contributed by atoms with van der Waals surface area (Å²) in [7, 11) is 0. The minimum absolute atomic E-state index is 0.0251. The summed E-state index contributed by atoms with van der Waals surface area (Å²) in [6.07, 6.45) is 5.06. The highest BCUT2D eigenvalue weighted by Crippen LogP contribution is 2.19. The Balaban J connectivity index is 2.02. The molecule has 5 nitrogen and oxygen atoms in total. The fraction of sp³-hybridized carbons (Fsp3) is 0.667. The number of rotatable bonds is 3. The molecule has 0 saturated carbocycles. The van der Waals surface area contributed by atoms with E-state index in [9.17, 15) is 0 Å². The molecule has 0 aliphatic carbocycles. The molecular formula is C12H20N4O. The molecule has 1 fully saturated rings. The maximum absolute atomic E-state index is 6.20. The van der Waals surface area contributed by atoms with E-state index in [0.29, 0.717) is 6.04 Å². The molecule has 2 unspecified atom stereocenters. The third kappa shape index (κ3) is 3.00. The molecule has 1 aromatic heterocycles. The summed E-state index contributed by atoms with van der Waals surface area (Å²) < 4.78 is 5.75. The Morgan fingerprint density at radius 3 is 2.76 bits per heavy atom. The summed E-state index contributed by atoms with van der Waals surface area (Å²) in [4.78, 5) is 10.4. The summed E-state index contributed by atoms with van der Waals surface area (Å²) in [6, 6.07) is 0.373. The quantitative estimate of drug-likeness (QED) is 0.832. The van der Waals surface area contributed by atoms with Crippen molar-refractivity contribution in [3.05, 3.63) is 24.3 Å². The Kier molecular flexibility index (Phi) is 4.04. The van der Waals surface area contributed by atoms with Crippen molar-refractivity contribution < 1.29 is 4.74 Å². The van der Waals surface area contributed by atoms with Crippen LogP contribution in [0.4, 0.5) is 0 Å². The van der Waals surface area contributed by atoms with Crippen LogP contribution in [0.2, 0.25) is 0 Å². The fourth-order valence-corrected chi connectivity index (χ4v) is 2.08. The summed E-state index contributed by atoms with van der Waals surface area (Å²) in [5.41, 5.74) is 7.13. The van der Waals surface area contributed by atoms with Gasteiger partial charge in [-0.25, -0.2) is 9.97 Å². The standard InChI is InChI=1S/C12H20N4O/c1-9(2)16-3-4-17-11(7-16)12(13)10-5-14-8-15-6-10/h5-6,8-9,11-12H,3-4,7,13H2,1-2H3. The van der Waals surface area contributed by atoms with Gasteiger partial charge in [0.1, 0.15) is 6.33 Å². The number of ether oxygens (including phenoxy) is 1. The van der Waals surface area contributed by atoms with Crippen molar-refractivity contribution in [2.75, 3.05) is 19.7 Å². The maximum atomic E-state index is 6.20. The van der Waals surface area contributed by atoms with E-state index in [1.165, 1.54) is 6.33 Å². The molecule has 2 heterocycles. The van der Waals surface area contributed by atoms with Crippen LogP contribution >= 0.6 is 0 Å². The van der Waals surface area contributed by atoms with Crippen LogP contribution in [0.1, 0.15) is 25.5 Å². The second-order valence-corrected chi connectivity index (χ2v) is 4.70. The molecule has 2 rings (SSSR count). The average Bonchev–Trinajstić information content (AvgIpc) is 2.39. The Labute approximate surface area is 102 Å².